The first-order valence-corrected chi connectivity index (χ1v) is 14.6. The number of hydrogen-bond acceptors (Lipinski definition) is 6. The van der Waals surface area contributed by atoms with Crippen LogP contribution in [0.5, 0.6) is 0 Å². The smallest absolute Gasteiger partial charge is 0.155 e. The molecule has 2 aromatic carbocycles. The number of aryl methyl sites for hydroxylation is 2. The lowest BCUT2D eigenvalue weighted by molar-refractivity contribution is 0.122. The summed E-state index contributed by atoms with van der Waals surface area (Å²) in [6.45, 7) is 18.9. The average Bonchev–Trinajstić information content (AvgIpc) is 3.46. The molecule has 0 saturated carbocycles. The molecule has 2 aromatic heterocycles. The van der Waals surface area contributed by atoms with Crippen molar-refractivity contribution in [1.82, 2.24) is 19.5 Å². The van der Waals surface area contributed by atoms with Crippen molar-refractivity contribution in [2.24, 2.45) is 4.99 Å². The van der Waals surface area contributed by atoms with Crippen LogP contribution in [0.2, 0.25) is 0 Å². The van der Waals surface area contributed by atoms with Crippen LogP contribution in [-0.2, 0) is 24.2 Å². The van der Waals surface area contributed by atoms with Crippen molar-refractivity contribution in [2.75, 3.05) is 31.2 Å². The Hall–Kier alpha value is -4.49. The Bertz CT molecular complexity index is 1590. The predicted octanol–water partition coefficient (Wildman–Crippen LogP) is 6.73. The molecule has 1 aliphatic rings. The SMILES string of the molecule is C=Cc1ccc(CN(Cc2ccc(C)cc2)C(=C)/N=C\C(=CC)c2cn3nc(CC)cc3c(N3CCOCC3)n2)cc1. The van der Waals surface area contributed by atoms with E-state index in [2.05, 4.69) is 91.4 Å². The van der Waals surface area contributed by atoms with Gasteiger partial charge in [0, 0.05) is 38.0 Å². The molecule has 1 fully saturated rings. The fourth-order valence-corrected chi connectivity index (χ4v) is 4.99. The third-order valence-electron chi connectivity index (χ3n) is 7.57. The first kappa shape index (κ1) is 29.0. The summed E-state index contributed by atoms with van der Waals surface area (Å²) < 4.78 is 7.56. The lowest BCUT2D eigenvalue weighted by atomic mass is 10.1. The van der Waals surface area contributed by atoms with Gasteiger partial charge in [-0.3, -0.25) is 0 Å². The number of allylic oxidation sites excluding steroid dienone is 2. The van der Waals surface area contributed by atoms with E-state index in [1.165, 1.54) is 16.7 Å². The van der Waals surface area contributed by atoms with Gasteiger partial charge < -0.3 is 14.5 Å². The maximum atomic E-state index is 5.61. The molecule has 0 bridgehead atoms. The Kier molecular flexibility index (Phi) is 9.29. The largest absolute Gasteiger partial charge is 0.378 e. The predicted molar refractivity (Wildman–Crippen MR) is 174 cm³/mol. The Morgan fingerprint density at radius 1 is 1.05 bits per heavy atom. The minimum Gasteiger partial charge on any atom is -0.378 e. The third-order valence-corrected chi connectivity index (χ3v) is 7.57. The second kappa shape index (κ2) is 13.4. The molecule has 0 unspecified atom stereocenters. The summed E-state index contributed by atoms with van der Waals surface area (Å²) in [7, 11) is 0. The molecule has 0 aliphatic carbocycles. The number of rotatable bonds is 11. The van der Waals surface area contributed by atoms with Crippen molar-refractivity contribution in [3.63, 3.8) is 0 Å². The molecule has 1 aliphatic heterocycles. The number of anilines is 1. The van der Waals surface area contributed by atoms with Gasteiger partial charge in [-0.1, -0.05) is 86.3 Å². The van der Waals surface area contributed by atoms with E-state index in [0.29, 0.717) is 32.1 Å². The maximum Gasteiger partial charge on any atom is 0.155 e. The van der Waals surface area contributed by atoms with E-state index in [1.807, 2.05) is 36.0 Å². The molecule has 0 radical (unpaired) electrons. The number of benzene rings is 2. The Morgan fingerprint density at radius 3 is 2.33 bits per heavy atom. The zero-order chi connectivity index (χ0) is 29.5. The quantitative estimate of drug-likeness (QED) is 0.191. The number of ether oxygens (including phenoxy) is 1. The molecule has 4 aromatic rings. The molecule has 0 atom stereocenters. The van der Waals surface area contributed by atoms with Crippen molar-refractivity contribution in [3.8, 4) is 0 Å². The second-order valence-corrected chi connectivity index (χ2v) is 10.6. The highest BCUT2D eigenvalue weighted by atomic mass is 16.5. The fraction of sp³-hybridized carbons (Fsp3) is 0.286. The van der Waals surface area contributed by atoms with Crippen molar-refractivity contribution in [3.05, 3.63) is 119 Å². The van der Waals surface area contributed by atoms with Crippen molar-refractivity contribution < 1.29 is 4.74 Å². The van der Waals surface area contributed by atoms with Gasteiger partial charge in [0.15, 0.2) is 5.82 Å². The Morgan fingerprint density at radius 2 is 1.71 bits per heavy atom. The van der Waals surface area contributed by atoms with E-state index in [4.69, 9.17) is 19.8 Å². The molecule has 216 valence electrons. The molecular weight excluding hydrogens is 520 g/mol. The van der Waals surface area contributed by atoms with Crippen LogP contribution in [0.4, 0.5) is 5.82 Å². The summed E-state index contributed by atoms with van der Waals surface area (Å²) in [6, 6.07) is 19.2. The van der Waals surface area contributed by atoms with E-state index in [1.54, 1.807) is 0 Å². The zero-order valence-electron chi connectivity index (χ0n) is 25.0. The van der Waals surface area contributed by atoms with Crippen LogP contribution < -0.4 is 4.90 Å². The standard InChI is InChI=1S/C35H40N6O/c1-6-28-13-15-30(16-14-28)24-40(23-29-11-9-26(4)10-12-29)27(5)36-22-31(7-2)33-25-41-34(21-32(8-3)38-41)35(37-33)39-17-19-42-20-18-39/h6-7,9-16,21-22,25H,1,5,8,17-20,23-24H2,2-4H3/b31-7?,36-22-. The van der Waals surface area contributed by atoms with Crippen LogP contribution in [-0.4, -0.2) is 52.0 Å². The zero-order valence-corrected chi connectivity index (χ0v) is 25.0. The molecule has 7 heteroatoms. The second-order valence-electron chi connectivity index (χ2n) is 10.6. The van der Waals surface area contributed by atoms with E-state index < -0.39 is 0 Å². The lowest BCUT2D eigenvalue weighted by Gasteiger charge is -2.28. The van der Waals surface area contributed by atoms with E-state index in [-0.39, 0.29) is 0 Å². The summed E-state index contributed by atoms with van der Waals surface area (Å²) in [6.07, 6.45) is 8.62. The van der Waals surface area contributed by atoms with Crippen molar-refractivity contribution >= 4 is 29.2 Å². The van der Waals surface area contributed by atoms with Crippen molar-refractivity contribution in [2.45, 2.75) is 40.3 Å². The highest BCUT2D eigenvalue weighted by Crippen LogP contribution is 2.25. The molecule has 0 amide bonds. The van der Waals surface area contributed by atoms with Crippen molar-refractivity contribution in [1.29, 1.82) is 0 Å². The van der Waals surface area contributed by atoms with Crippen LogP contribution in [0.15, 0.2) is 90.8 Å². The highest BCUT2D eigenvalue weighted by Gasteiger charge is 2.19. The average molecular weight is 561 g/mol. The summed E-state index contributed by atoms with van der Waals surface area (Å²) in [5, 5.41) is 4.81. The van der Waals surface area contributed by atoms with E-state index in [0.717, 1.165) is 53.4 Å². The van der Waals surface area contributed by atoms with Crippen LogP contribution in [0.1, 0.15) is 47.5 Å². The minimum atomic E-state index is 0.685. The molecular formula is C35H40N6O. The minimum absolute atomic E-state index is 0.685. The van der Waals surface area contributed by atoms with Gasteiger partial charge in [0.25, 0.3) is 0 Å². The first-order chi connectivity index (χ1) is 20.5. The number of nitrogens with zero attached hydrogens (tertiary/aromatic N) is 6. The number of fused-ring (bicyclic) bond motifs is 1. The summed E-state index contributed by atoms with van der Waals surface area (Å²) in [5.41, 5.74) is 8.51. The number of aliphatic imine (C=N–C) groups is 1. The van der Waals surface area contributed by atoms with Crippen LogP contribution in [0.25, 0.3) is 17.2 Å². The molecule has 0 N–H and O–H groups in total. The Balaban J connectivity index is 1.43. The summed E-state index contributed by atoms with van der Waals surface area (Å²) in [4.78, 5) is 14.5. The Labute approximate surface area is 249 Å². The molecule has 1 saturated heterocycles. The molecule has 0 spiro atoms. The van der Waals surface area contributed by atoms with Gasteiger partial charge in [-0.05, 0) is 43.0 Å². The fourth-order valence-electron chi connectivity index (χ4n) is 4.99. The van der Waals surface area contributed by atoms with Gasteiger partial charge in [-0.25, -0.2) is 14.5 Å². The maximum absolute atomic E-state index is 5.61. The molecule has 7 nitrogen and oxygen atoms in total. The summed E-state index contributed by atoms with van der Waals surface area (Å²) >= 11 is 0. The van der Waals surface area contributed by atoms with E-state index >= 15 is 0 Å². The third kappa shape index (κ3) is 6.86. The lowest BCUT2D eigenvalue weighted by Crippen LogP contribution is -2.37. The highest BCUT2D eigenvalue weighted by molar-refractivity contribution is 6.09. The number of hydrogen-bond donors (Lipinski definition) is 0. The van der Waals surface area contributed by atoms with Gasteiger partial charge in [-0.15, -0.1) is 0 Å². The monoisotopic (exact) mass is 560 g/mol. The first-order valence-electron chi connectivity index (χ1n) is 14.6. The van der Waals surface area contributed by atoms with Gasteiger partial charge in [0.2, 0.25) is 0 Å². The number of morpholine rings is 1. The van der Waals surface area contributed by atoms with E-state index in [9.17, 15) is 0 Å². The molecule has 5 rings (SSSR count). The number of aromatic nitrogens is 3. The van der Waals surface area contributed by atoms with Gasteiger partial charge in [0.1, 0.15) is 11.3 Å². The van der Waals surface area contributed by atoms with Crippen LogP contribution in [0, 0.1) is 6.92 Å². The van der Waals surface area contributed by atoms with Gasteiger partial charge in [-0.2, -0.15) is 5.10 Å². The van der Waals surface area contributed by atoms with Gasteiger partial charge in [0.05, 0.1) is 30.8 Å². The molecule has 42 heavy (non-hydrogen) atoms. The summed E-state index contributed by atoms with van der Waals surface area (Å²) in [5.74, 6) is 1.61. The normalized spacial score (nSPS) is 14.1. The molecule has 3 heterocycles. The van der Waals surface area contributed by atoms with Crippen LogP contribution >= 0.6 is 0 Å². The topological polar surface area (TPSA) is 58.3 Å². The van der Waals surface area contributed by atoms with Gasteiger partial charge >= 0.3 is 0 Å². The van der Waals surface area contributed by atoms with Crippen LogP contribution in [0.3, 0.4) is 0 Å².